The van der Waals surface area contributed by atoms with Crippen LogP contribution >= 0.6 is 0 Å². The molecule has 0 aromatic heterocycles. The third-order valence-electron chi connectivity index (χ3n) is 6.20. The predicted octanol–water partition coefficient (Wildman–Crippen LogP) is 4.32. The topological polar surface area (TPSA) is 70.0 Å². The van der Waals surface area contributed by atoms with Crippen molar-refractivity contribution in [1.29, 1.82) is 0 Å². The fourth-order valence-corrected chi connectivity index (χ4v) is 4.93. The van der Waals surface area contributed by atoms with Crippen molar-refractivity contribution >= 4 is 14.4 Å². The number of piperidine rings is 1. The second-order valence-corrected chi connectivity index (χ2v) is 14.4. The van der Waals surface area contributed by atoms with Crippen LogP contribution < -0.4 is 0 Å². The highest BCUT2D eigenvalue weighted by atomic mass is 28.4. The number of aliphatic hydroxyl groups excluding tert-OH is 1. The van der Waals surface area contributed by atoms with E-state index >= 15 is 0 Å². The van der Waals surface area contributed by atoms with Crippen LogP contribution in [0.2, 0.25) is 18.1 Å². The van der Waals surface area contributed by atoms with Gasteiger partial charge in [-0.2, -0.15) is 0 Å². The standard InChI is InChI=1S/C18H37NO4Si/c1-16(2,3)18(11-12-20)10-9-14(13-19(18)15(21)22)23-24(7,8)17(4,5)6/h14,20H,9-13H2,1-8H3,(H,21,22)/t14-,18-/m1/s1. The molecule has 0 unspecified atom stereocenters. The van der Waals surface area contributed by atoms with Crippen molar-refractivity contribution < 1.29 is 19.4 Å². The van der Waals surface area contributed by atoms with Crippen molar-refractivity contribution in [2.45, 2.75) is 90.6 Å². The Morgan fingerprint density at radius 2 is 1.79 bits per heavy atom. The first-order valence-corrected chi connectivity index (χ1v) is 11.9. The third-order valence-corrected chi connectivity index (χ3v) is 10.7. The van der Waals surface area contributed by atoms with Gasteiger partial charge in [0.2, 0.25) is 0 Å². The predicted molar refractivity (Wildman–Crippen MR) is 99.9 cm³/mol. The van der Waals surface area contributed by atoms with Gasteiger partial charge < -0.3 is 14.6 Å². The lowest BCUT2D eigenvalue weighted by Gasteiger charge is -2.56. The van der Waals surface area contributed by atoms with E-state index in [0.29, 0.717) is 13.0 Å². The van der Waals surface area contributed by atoms with Crippen LogP contribution in [0.25, 0.3) is 0 Å². The lowest BCUT2D eigenvalue weighted by atomic mass is 9.66. The van der Waals surface area contributed by atoms with Gasteiger partial charge in [-0.25, -0.2) is 4.79 Å². The van der Waals surface area contributed by atoms with E-state index in [1.165, 1.54) is 0 Å². The molecule has 6 heteroatoms. The second-order valence-electron chi connectivity index (χ2n) is 9.69. The summed E-state index contributed by atoms with van der Waals surface area (Å²) in [6, 6.07) is 0. The van der Waals surface area contributed by atoms with Gasteiger partial charge in [0.1, 0.15) is 0 Å². The minimum Gasteiger partial charge on any atom is -0.465 e. The Balaban J connectivity index is 3.07. The van der Waals surface area contributed by atoms with Crippen LogP contribution in [0, 0.1) is 5.41 Å². The SMILES string of the molecule is CC(C)(C)[C@]1(CCO)CC[C@@H](O[Si](C)(C)C(C)(C)C)CN1C(=O)O. The first-order valence-electron chi connectivity index (χ1n) is 8.97. The van der Waals surface area contributed by atoms with E-state index in [-0.39, 0.29) is 23.2 Å². The number of hydrogen-bond acceptors (Lipinski definition) is 3. The summed E-state index contributed by atoms with van der Waals surface area (Å²) in [5.74, 6) is 0. The van der Waals surface area contributed by atoms with Gasteiger partial charge in [0.25, 0.3) is 0 Å². The molecule has 1 aliphatic rings. The summed E-state index contributed by atoms with van der Waals surface area (Å²) < 4.78 is 6.48. The molecule has 0 radical (unpaired) electrons. The Bertz CT molecular complexity index is 453. The van der Waals surface area contributed by atoms with Crippen LogP contribution in [0.4, 0.5) is 4.79 Å². The van der Waals surface area contributed by atoms with Crippen LogP contribution in [-0.4, -0.2) is 54.3 Å². The molecule has 1 saturated heterocycles. The van der Waals surface area contributed by atoms with Crippen LogP contribution in [0.1, 0.15) is 60.8 Å². The summed E-state index contributed by atoms with van der Waals surface area (Å²) in [6.07, 6.45) is 1.06. The van der Waals surface area contributed by atoms with Crippen molar-refractivity contribution in [3.8, 4) is 0 Å². The summed E-state index contributed by atoms with van der Waals surface area (Å²) in [4.78, 5) is 13.5. The summed E-state index contributed by atoms with van der Waals surface area (Å²) >= 11 is 0. The highest BCUT2D eigenvalue weighted by Gasteiger charge is 2.52. The zero-order valence-electron chi connectivity index (χ0n) is 16.8. The van der Waals surface area contributed by atoms with Crippen molar-refractivity contribution in [1.82, 2.24) is 4.90 Å². The molecule has 0 spiro atoms. The van der Waals surface area contributed by atoms with Crippen LogP contribution in [0.15, 0.2) is 0 Å². The van der Waals surface area contributed by atoms with Gasteiger partial charge in [-0.3, -0.25) is 4.90 Å². The van der Waals surface area contributed by atoms with Gasteiger partial charge in [0, 0.05) is 13.2 Å². The smallest absolute Gasteiger partial charge is 0.407 e. The van der Waals surface area contributed by atoms with Crippen LogP contribution in [0.3, 0.4) is 0 Å². The Labute approximate surface area is 148 Å². The Morgan fingerprint density at radius 1 is 1.25 bits per heavy atom. The van der Waals surface area contributed by atoms with E-state index in [9.17, 15) is 15.0 Å². The summed E-state index contributed by atoms with van der Waals surface area (Å²) in [5.41, 5.74) is -0.781. The van der Waals surface area contributed by atoms with E-state index in [2.05, 4.69) is 54.6 Å². The molecule has 0 aromatic carbocycles. The number of aliphatic hydroxyl groups is 1. The maximum atomic E-state index is 12.0. The molecule has 0 aliphatic carbocycles. The first-order chi connectivity index (χ1) is 10.7. The molecule has 142 valence electrons. The van der Waals surface area contributed by atoms with Crippen LogP contribution in [-0.2, 0) is 4.43 Å². The normalized spacial score (nSPS) is 26.5. The van der Waals surface area contributed by atoms with Crippen molar-refractivity contribution in [3.63, 3.8) is 0 Å². The van der Waals surface area contributed by atoms with Crippen LogP contribution in [0.5, 0.6) is 0 Å². The third kappa shape index (κ3) is 4.14. The highest BCUT2D eigenvalue weighted by molar-refractivity contribution is 6.74. The maximum absolute atomic E-state index is 12.0. The first kappa shape index (κ1) is 21.4. The number of carbonyl (C=O) groups is 1. The molecular formula is C18H37NO4Si. The molecule has 0 aromatic rings. The molecule has 0 bridgehead atoms. The number of amides is 1. The molecule has 2 atom stereocenters. The van der Waals surface area contributed by atoms with E-state index < -0.39 is 19.9 Å². The van der Waals surface area contributed by atoms with Gasteiger partial charge in [-0.1, -0.05) is 41.5 Å². The molecule has 1 rings (SSSR count). The van der Waals surface area contributed by atoms with E-state index in [1.54, 1.807) is 4.90 Å². The van der Waals surface area contributed by atoms with Crippen molar-refractivity contribution in [3.05, 3.63) is 0 Å². The van der Waals surface area contributed by atoms with Gasteiger partial charge in [-0.05, 0) is 42.8 Å². The Hall–Kier alpha value is -0.593. The molecule has 1 amide bonds. The molecule has 0 saturated carbocycles. The lowest BCUT2D eigenvalue weighted by molar-refractivity contribution is -0.0707. The van der Waals surface area contributed by atoms with E-state index in [1.807, 2.05) is 0 Å². The number of nitrogens with zero attached hydrogens (tertiary/aromatic N) is 1. The molecule has 1 fully saturated rings. The largest absolute Gasteiger partial charge is 0.465 e. The summed E-state index contributed by atoms with van der Waals surface area (Å²) in [6.45, 7) is 17.6. The van der Waals surface area contributed by atoms with Crippen molar-refractivity contribution in [2.24, 2.45) is 5.41 Å². The number of likely N-dealkylation sites (tertiary alicyclic amines) is 1. The number of rotatable bonds is 4. The molecule has 5 nitrogen and oxygen atoms in total. The minimum atomic E-state index is -1.94. The monoisotopic (exact) mass is 359 g/mol. The summed E-state index contributed by atoms with van der Waals surface area (Å²) in [7, 11) is -1.94. The second kappa shape index (κ2) is 6.96. The van der Waals surface area contributed by atoms with Gasteiger partial charge >= 0.3 is 6.09 Å². The van der Waals surface area contributed by atoms with Crippen molar-refractivity contribution in [2.75, 3.05) is 13.2 Å². The van der Waals surface area contributed by atoms with E-state index in [0.717, 1.165) is 12.8 Å². The number of hydrogen-bond donors (Lipinski definition) is 2. The Kier molecular flexibility index (Phi) is 6.22. The molecule has 2 N–H and O–H groups in total. The average molecular weight is 360 g/mol. The minimum absolute atomic E-state index is 0.00515. The molecule has 1 heterocycles. The van der Waals surface area contributed by atoms with Gasteiger partial charge in [0.15, 0.2) is 8.32 Å². The summed E-state index contributed by atoms with van der Waals surface area (Å²) in [5, 5.41) is 19.5. The fourth-order valence-electron chi connectivity index (χ4n) is 3.55. The quantitative estimate of drug-likeness (QED) is 0.734. The van der Waals surface area contributed by atoms with Gasteiger partial charge in [0.05, 0.1) is 11.6 Å². The fraction of sp³-hybridized carbons (Fsp3) is 0.944. The zero-order chi connectivity index (χ0) is 19.0. The maximum Gasteiger partial charge on any atom is 0.407 e. The lowest BCUT2D eigenvalue weighted by Crippen LogP contribution is -2.65. The molecule has 1 aliphatic heterocycles. The zero-order valence-corrected chi connectivity index (χ0v) is 17.8. The highest BCUT2D eigenvalue weighted by Crippen LogP contribution is 2.46. The molecule has 24 heavy (non-hydrogen) atoms. The van der Waals surface area contributed by atoms with Gasteiger partial charge in [-0.15, -0.1) is 0 Å². The molecular weight excluding hydrogens is 322 g/mol. The average Bonchev–Trinajstić information content (AvgIpc) is 2.37. The van der Waals surface area contributed by atoms with E-state index in [4.69, 9.17) is 4.43 Å². The number of carboxylic acid groups (broad SMARTS) is 1. The Morgan fingerprint density at radius 3 is 2.17 bits per heavy atom.